The quantitative estimate of drug-likeness (QED) is 0.775. The number of nitrogens with zero attached hydrogens (tertiary/aromatic N) is 4. The van der Waals surface area contributed by atoms with Gasteiger partial charge in [-0.25, -0.2) is 12.7 Å². The molecule has 0 spiro atoms. The number of aromatic nitrogens is 2. The minimum absolute atomic E-state index is 0.523. The normalized spacial score (nSPS) is 18.8. The van der Waals surface area contributed by atoms with Gasteiger partial charge in [0.1, 0.15) is 0 Å². The Kier molecular flexibility index (Phi) is 5.72. The predicted molar refractivity (Wildman–Crippen MR) is 79.2 cm³/mol. The molecule has 0 aromatic carbocycles. The summed E-state index contributed by atoms with van der Waals surface area (Å²) in [6, 6.07) is 0. The van der Waals surface area contributed by atoms with Crippen LogP contribution in [-0.4, -0.2) is 60.2 Å². The van der Waals surface area contributed by atoms with E-state index in [1.165, 1.54) is 10.6 Å². The van der Waals surface area contributed by atoms with Crippen LogP contribution in [0, 0.1) is 0 Å². The summed E-state index contributed by atoms with van der Waals surface area (Å²) in [5.74, 6) is 1.38. The van der Waals surface area contributed by atoms with E-state index >= 15 is 0 Å². The Morgan fingerprint density at radius 1 is 1.24 bits per heavy atom. The maximum Gasteiger partial charge on any atom is 0.240 e. The molecule has 0 saturated carbocycles. The lowest BCUT2D eigenvalue weighted by atomic mass is 10.2. The Labute approximate surface area is 126 Å². The fourth-order valence-corrected chi connectivity index (χ4v) is 3.29. The van der Waals surface area contributed by atoms with Gasteiger partial charge in [-0.05, 0) is 19.4 Å². The van der Waals surface area contributed by atoms with Gasteiger partial charge in [0.25, 0.3) is 0 Å². The number of sulfonamides is 1. The lowest BCUT2D eigenvalue weighted by molar-refractivity contribution is 0.235. The van der Waals surface area contributed by atoms with Gasteiger partial charge in [-0.2, -0.15) is 4.98 Å². The lowest BCUT2D eigenvalue weighted by Gasteiger charge is -2.18. The molecule has 1 aromatic rings. The van der Waals surface area contributed by atoms with Gasteiger partial charge in [0.05, 0.1) is 12.8 Å². The minimum Gasteiger partial charge on any atom is -0.338 e. The zero-order chi connectivity index (χ0) is 15.3. The molecule has 0 atom stereocenters. The summed E-state index contributed by atoms with van der Waals surface area (Å²) < 4.78 is 29.9. The molecule has 120 valence electrons. The third kappa shape index (κ3) is 5.05. The topological polar surface area (TPSA) is 79.5 Å². The van der Waals surface area contributed by atoms with E-state index in [-0.39, 0.29) is 0 Å². The van der Waals surface area contributed by atoms with E-state index in [2.05, 4.69) is 22.0 Å². The van der Waals surface area contributed by atoms with Crippen LogP contribution in [0.5, 0.6) is 0 Å². The molecule has 8 heteroatoms. The molecule has 1 aliphatic heterocycles. The molecule has 1 aromatic heterocycles. The highest BCUT2D eigenvalue weighted by Crippen LogP contribution is 2.10. The first-order chi connectivity index (χ1) is 9.99. The van der Waals surface area contributed by atoms with Crippen molar-refractivity contribution in [2.24, 2.45) is 0 Å². The van der Waals surface area contributed by atoms with Crippen LogP contribution in [0.3, 0.4) is 0 Å². The third-order valence-corrected chi connectivity index (χ3v) is 4.94. The maximum atomic E-state index is 11.6. The van der Waals surface area contributed by atoms with Crippen molar-refractivity contribution in [3.8, 4) is 0 Å². The molecule has 1 aliphatic rings. The Bertz CT molecular complexity index is 543. The van der Waals surface area contributed by atoms with E-state index in [1.54, 1.807) is 0 Å². The molecule has 0 amide bonds. The largest absolute Gasteiger partial charge is 0.338 e. The molecule has 0 radical (unpaired) electrons. The van der Waals surface area contributed by atoms with Crippen molar-refractivity contribution < 1.29 is 12.9 Å². The van der Waals surface area contributed by atoms with Crippen molar-refractivity contribution in [1.82, 2.24) is 19.3 Å². The summed E-state index contributed by atoms with van der Waals surface area (Å²) in [6.07, 6.45) is 5.11. The van der Waals surface area contributed by atoms with E-state index < -0.39 is 10.0 Å². The molecular formula is C13H24N4O3S. The van der Waals surface area contributed by atoms with Crippen molar-refractivity contribution >= 4 is 10.0 Å². The van der Waals surface area contributed by atoms with Crippen molar-refractivity contribution in [3.63, 3.8) is 0 Å². The van der Waals surface area contributed by atoms with Crippen LogP contribution in [0.4, 0.5) is 0 Å². The molecule has 1 fully saturated rings. The highest BCUT2D eigenvalue weighted by atomic mass is 32.2. The average Bonchev–Trinajstić information content (AvgIpc) is 2.71. The fourth-order valence-electron chi connectivity index (χ4n) is 2.42. The molecule has 7 nitrogen and oxygen atoms in total. The molecule has 0 unspecified atom stereocenters. The number of aryl methyl sites for hydroxylation is 1. The van der Waals surface area contributed by atoms with E-state index in [0.717, 1.165) is 38.1 Å². The molecule has 0 aliphatic carbocycles. The van der Waals surface area contributed by atoms with Gasteiger partial charge in [-0.1, -0.05) is 18.5 Å². The smallest absolute Gasteiger partial charge is 0.240 e. The Morgan fingerprint density at radius 2 is 2.05 bits per heavy atom. The monoisotopic (exact) mass is 316 g/mol. The highest BCUT2D eigenvalue weighted by Gasteiger charge is 2.22. The minimum atomic E-state index is -3.10. The summed E-state index contributed by atoms with van der Waals surface area (Å²) >= 11 is 0. The molecule has 2 rings (SSSR count). The van der Waals surface area contributed by atoms with Crippen LogP contribution >= 0.6 is 0 Å². The Hall–Kier alpha value is -0.990. The van der Waals surface area contributed by atoms with Gasteiger partial charge in [-0.3, -0.25) is 4.90 Å². The summed E-state index contributed by atoms with van der Waals surface area (Å²) in [6.45, 7) is 5.37. The standard InChI is InChI=1S/C13H24N4O3S/c1-3-4-6-12-14-13(20-15-12)11-16-7-5-8-17(10-9-16)21(2,18)19/h3-11H2,1-2H3. The maximum absolute atomic E-state index is 11.6. The van der Waals surface area contributed by atoms with Crippen LogP contribution in [-0.2, 0) is 23.0 Å². The zero-order valence-electron chi connectivity index (χ0n) is 12.8. The van der Waals surface area contributed by atoms with Crippen LogP contribution in [0.2, 0.25) is 0 Å². The van der Waals surface area contributed by atoms with Gasteiger partial charge in [0.15, 0.2) is 5.82 Å². The first-order valence-electron chi connectivity index (χ1n) is 7.48. The average molecular weight is 316 g/mol. The summed E-state index contributed by atoms with van der Waals surface area (Å²) in [5, 5.41) is 3.98. The van der Waals surface area contributed by atoms with E-state index in [0.29, 0.717) is 32.1 Å². The fraction of sp³-hybridized carbons (Fsp3) is 0.846. The summed E-state index contributed by atoms with van der Waals surface area (Å²) in [4.78, 5) is 6.56. The SMILES string of the molecule is CCCCc1noc(CN2CCCN(S(C)(=O)=O)CC2)n1. The molecular weight excluding hydrogens is 292 g/mol. The van der Waals surface area contributed by atoms with Gasteiger partial charge < -0.3 is 4.52 Å². The van der Waals surface area contributed by atoms with E-state index in [9.17, 15) is 8.42 Å². The van der Waals surface area contributed by atoms with Gasteiger partial charge in [0.2, 0.25) is 15.9 Å². The third-order valence-electron chi connectivity index (χ3n) is 3.64. The second kappa shape index (κ2) is 7.33. The van der Waals surface area contributed by atoms with Gasteiger partial charge in [-0.15, -0.1) is 0 Å². The van der Waals surface area contributed by atoms with Crippen molar-refractivity contribution in [2.45, 2.75) is 39.2 Å². The van der Waals surface area contributed by atoms with Gasteiger partial charge >= 0.3 is 0 Å². The molecule has 1 saturated heterocycles. The van der Waals surface area contributed by atoms with Crippen LogP contribution in [0.1, 0.15) is 37.9 Å². The van der Waals surface area contributed by atoms with Crippen molar-refractivity contribution in [3.05, 3.63) is 11.7 Å². The lowest BCUT2D eigenvalue weighted by Crippen LogP contribution is -2.34. The van der Waals surface area contributed by atoms with Crippen molar-refractivity contribution in [1.29, 1.82) is 0 Å². The Balaban J connectivity index is 1.87. The van der Waals surface area contributed by atoms with Crippen LogP contribution in [0.25, 0.3) is 0 Å². The summed E-state index contributed by atoms with van der Waals surface area (Å²) in [5.41, 5.74) is 0. The molecule has 0 bridgehead atoms. The molecule has 21 heavy (non-hydrogen) atoms. The number of unbranched alkanes of at least 4 members (excludes halogenated alkanes) is 1. The van der Waals surface area contributed by atoms with Crippen LogP contribution < -0.4 is 0 Å². The number of rotatable bonds is 6. The van der Waals surface area contributed by atoms with Crippen LogP contribution in [0.15, 0.2) is 4.52 Å². The van der Waals surface area contributed by atoms with Gasteiger partial charge in [0, 0.05) is 26.1 Å². The summed E-state index contributed by atoms with van der Waals surface area (Å²) in [7, 11) is -3.10. The second-order valence-corrected chi connectivity index (χ2v) is 7.48. The highest BCUT2D eigenvalue weighted by molar-refractivity contribution is 7.88. The predicted octanol–water partition coefficient (Wildman–Crippen LogP) is 0.880. The zero-order valence-corrected chi connectivity index (χ0v) is 13.6. The van der Waals surface area contributed by atoms with Crippen molar-refractivity contribution in [2.75, 3.05) is 32.4 Å². The van der Waals surface area contributed by atoms with E-state index in [4.69, 9.17) is 4.52 Å². The first-order valence-corrected chi connectivity index (χ1v) is 9.33. The number of hydrogen-bond acceptors (Lipinski definition) is 6. The molecule has 0 N–H and O–H groups in total. The number of hydrogen-bond donors (Lipinski definition) is 0. The Morgan fingerprint density at radius 3 is 2.76 bits per heavy atom. The second-order valence-electron chi connectivity index (χ2n) is 5.50. The first kappa shape index (κ1) is 16.4. The van der Waals surface area contributed by atoms with E-state index in [1.807, 2.05) is 0 Å². The molecule has 2 heterocycles.